The number of nitrogens with one attached hydrogen (secondary N) is 1. The van der Waals surface area contributed by atoms with E-state index in [1.54, 1.807) is 24.3 Å². The van der Waals surface area contributed by atoms with Crippen molar-refractivity contribution in [1.82, 2.24) is 25.2 Å². The van der Waals surface area contributed by atoms with Gasteiger partial charge >= 0.3 is 5.69 Å². The topological polar surface area (TPSA) is 103 Å². The van der Waals surface area contributed by atoms with Crippen molar-refractivity contribution in [3.63, 3.8) is 0 Å². The molecule has 0 saturated carbocycles. The fraction of sp³-hybridized carbons (Fsp3) is 0.0952. The lowest BCUT2D eigenvalue weighted by atomic mass is 10.1. The molecule has 0 aliphatic rings. The van der Waals surface area contributed by atoms with Crippen LogP contribution in [0, 0.1) is 6.92 Å². The van der Waals surface area contributed by atoms with Gasteiger partial charge in [-0.3, -0.25) is 4.79 Å². The molecule has 0 bridgehead atoms. The highest BCUT2D eigenvalue weighted by Crippen LogP contribution is 2.22. The zero-order valence-electron chi connectivity index (χ0n) is 15.6. The number of hydrogen-bond donors (Lipinski definition) is 1. The summed E-state index contributed by atoms with van der Waals surface area (Å²) < 4.78 is 7.12. The molecule has 8 heteroatoms. The first-order valence-electron chi connectivity index (χ1n) is 8.90. The monoisotopic (exact) mass is 387 g/mol. The Morgan fingerprint density at radius 1 is 1.07 bits per heavy atom. The molecule has 4 rings (SSSR count). The van der Waals surface area contributed by atoms with Crippen molar-refractivity contribution in [1.29, 1.82) is 0 Å². The van der Waals surface area contributed by atoms with Gasteiger partial charge in [-0.1, -0.05) is 42.5 Å². The molecule has 0 radical (unpaired) electrons. The molecule has 0 aliphatic carbocycles. The first-order chi connectivity index (χ1) is 14.2. The number of ether oxygens (including phenoxy) is 1. The van der Waals surface area contributed by atoms with E-state index < -0.39 is 5.69 Å². The van der Waals surface area contributed by atoms with Gasteiger partial charge in [0.2, 0.25) is 5.88 Å². The van der Waals surface area contributed by atoms with E-state index in [9.17, 15) is 9.59 Å². The van der Waals surface area contributed by atoms with Crippen LogP contribution in [0.4, 0.5) is 0 Å². The van der Waals surface area contributed by atoms with Crippen molar-refractivity contribution in [2.75, 3.05) is 0 Å². The summed E-state index contributed by atoms with van der Waals surface area (Å²) in [5, 5.41) is 9.65. The maximum atomic E-state index is 11.9. The van der Waals surface area contributed by atoms with Gasteiger partial charge in [0.1, 0.15) is 12.9 Å². The Labute approximate surface area is 165 Å². The molecular weight excluding hydrogens is 370 g/mol. The molecule has 0 fully saturated rings. The molecule has 0 saturated heterocycles. The average Bonchev–Trinajstić information content (AvgIpc) is 3.18. The third-order valence-corrected chi connectivity index (χ3v) is 4.52. The summed E-state index contributed by atoms with van der Waals surface area (Å²) >= 11 is 0. The number of rotatable bonds is 6. The summed E-state index contributed by atoms with van der Waals surface area (Å²) in [5.41, 5.74) is 4.17. The smallest absolute Gasteiger partial charge is 0.365 e. The molecule has 144 valence electrons. The van der Waals surface area contributed by atoms with Gasteiger partial charge in [0.15, 0.2) is 0 Å². The normalized spacial score (nSPS) is 10.7. The van der Waals surface area contributed by atoms with Crippen molar-refractivity contribution < 1.29 is 9.53 Å². The van der Waals surface area contributed by atoms with Crippen LogP contribution in [0.3, 0.4) is 0 Å². The maximum absolute atomic E-state index is 11.9. The zero-order valence-corrected chi connectivity index (χ0v) is 15.6. The SMILES string of the molecule is Cc1cccc(-n2nn[nH]c2=O)c1COc1cccc(-c2ccc(C=O)cc2)n1. The number of nitrogens with zero attached hydrogens (tertiary/aromatic N) is 4. The number of carbonyl (C=O) groups excluding carboxylic acids is 1. The van der Waals surface area contributed by atoms with Crippen LogP contribution in [0.2, 0.25) is 0 Å². The molecule has 2 aromatic carbocycles. The summed E-state index contributed by atoms with van der Waals surface area (Å²) in [7, 11) is 0. The molecule has 8 nitrogen and oxygen atoms in total. The Kier molecular flexibility index (Phi) is 4.98. The molecule has 2 aromatic heterocycles. The Bertz CT molecular complexity index is 1210. The lowest BCUT2D eigenvalue weighted by Crippen LogP contribution is -2.18. The van der Waals surface area contributed by atoms with E-state index >= 15 is 0 Å². The molecule has 1 N–H and O–H groups in total. The quantitative estimate of drug-likeness (QED) is 0.510. The van der Waals surface area contributed by atoms with E-state index in [1.165, 1.54) is 4.68 Å². The molecule has 2 heterocycles. The summed E-state index contributed by atoms with van der Waals surface area (Å²) in [6.07, 6.45) is 0.802. The second-order valence-electron chi connectivity index (χ2n) is 6.38. The van der Waals surface area contributed by atoms with Crippen molar-refractivity contribution in [3.05, 3.63) is 87.8 Å². The minimum Gasteiger partial charge on any atom is -0.473 e. The Morgan fingerprint density at radius 3 is 2.59 bits per heavy atom. The highest BCUT2D eigenvalue weighted by atomic mass is 16.5. The van der Waals surface area contributed by atoms with Crippen LogP contribution in [-0.2, 0) is 6.61 Å². The summed E-state index contributed by atoms with van der Waals surface area (Å²) in [4.78, 5) is 27.3. The number of tetrazole rings is 1. The van der Waals surface area contributed by atoms with Crippen LogP contribution in [-0.4, -0.2) is 31.5 Å². The number of pyridine rings is 1. The maximum Gasteiger partial charge on any atom is 0.365 e. The number of benzene rings is 2. The first-order valence-corrected chi connectivity index (χ1v) is 8.90. The lowest BCUT2D eigenvalue weighted by Gasteiger charge is -2.13. The molecule has 0 amide bonds. The molecule has 0 spiro atoms. The average molecular weight is 387 g/mol. The Morgan fingerprint density at radius 2 is 1.86 bits per heavy atom. The third kappa shape index (κ3) is 3.81. The van der Waals surface area contributed by atoms with Gasteiger partial charge in [0.05, 0.1) is 11.4 Å². The Hall–Kier alpha value is -4.07. The Balaban J connectivity index is 1.60. The van der Waals surface area contributed by atoms with E-state index in [4.69, 9.17) is 4.74 Å². The number of H-pyrrole nitrogens is 1. The molecule has 29 heavy (non-hydrogen) atoms. The van der Waals surface area contributed by atoms with Crippen LogP contribution < -0.4 is 10.4 Å². The lowest BCUT2D eigenvalue weighted by molar-refractivity contribution is 0.112. The molecule has 0 atom stereocenters. The van der Waals surface area contributed by atoms with Gasteiger partial charge in [0.25, 0.3) is 0 Å². The van der Waals surface area contributed by atoms with E-state index in [-0.39, 0.29) is 6.61 Å². The van der Waals surface area contributed by atoms with Gasteiger partial charge < -0.3 is 4.74 Å². The molecule has 4 aromatic rings. The predicted octanol–water partition coefficient (Wildman–Crippen LogP) is 2.72. The summed E-state index contributed by atoms with van der Waals surface area (Å²) in [5.74, 6) is 0.448. The highest BCUT2D eigenvalue weighted by molar-refractivity contribution is 5.76. The zero-order chi connectivity index (χ0) is 20.2. The van der Waals surface area contributed by atoms with E-state index in [0.717, 1.165) is 28.7 Å². The third-order valence-electron chi connectivity index (χ3n) is 4.52. The number of aldehydes is 1. The number of hydrogen-bond acceptors (Lipinski definition) is 6. The van der Waals surface area contributed by atoms with Crippen LogP contribution in [0.15, 0.2) is 65.5 Å². The fourth-order valence-corrected chi connectivity index (χ4v) is 2.96. The van der Waals surface area contributed by atoms with Crippen LogP contribution in [0.5, 0.6) is 5.88 Å². The van der Waals surface area contributed by atoms with Crippen molar-refractivity contribution in [2.45, 2.75) is 13.5 Å². The second-order valence-corrected chi connectivity index (χ2v) is 6.38. The summed E-state index contributed by atoms with van der Waals surface area (Å²) in [6, 6.07) is 18.2. The van der Waals surface area contributed by atoms with E-state index in [2.05, 4.69) is 20.5 Å². The second kappa shape index (κ2) is 7.89. The van der Waals surface area contributed by atoms with Gasteiger partial charge in [-0.25, -0.2) is 14.9 Å². The van der Waals surface area contributed by atoms with Crippen LogP contribution >= 0.6 is 0 Å². The fourth-order valence-electron chi connectivity index (χ4n) is 2.96. The number of carbonyl (C=O) groups is 1. The minimum absolute atomic E-state index is 0.210. The predicted molar refractivity (Wildman–Crippen MR) is 106 cm³/mol. The number of aromatic amines is 1. The molecular formula is C21H17N5O3. The molecule has 0 aliphatic heterocycles. The van der Waals surface area contributed by atoms with Crippen LogP contribution in [0.1, 0.15) is 21.5 Å². The van der Waals surface area contributed by atoms with Crippen molar-refractivity contribution in [2.24, 2.45) is 0 Å². The van der Waals surface area contributed by atoms with E-state index in [0.29, 0.717) is 17.1 Å². The van der Waals surface area contributed by atoms with E-state index in [1.807, 2.05) is 43.3 Å². The standard InChI is InChI=1S/C21H17N5O3/c1-14-4-2-6-19(26-21(28)23-24-25-26)17(14)13-29-20-7-3-5-18(22-20)16-10-8-15(12-27)9-11-16/h2-12H,13H2,1H3,(H,23,25,28). The summed E-state index contributed by atoms with van der Waals surface area (Å²) in [6.45, 7) is 2.15. The van der Waals surface area contributed by atoms with Gasteiger partial charge in [0, 0.05) is 22.8 Å². The van der Waals surface area contributed by atoms with Gasteiger partial charge in [-0.05, 0) is 35.0 Å². The largest absolute Gasteiger partial charge is 0.473 e. The van der Waals surface area contributed by atoms with Crippen LogP contribution in [0.25, 0.3) is 16.9 Å². The first kappa shape index (κ1) is 18.3. The van der Waals surface area contributed by atoms with Gasteiger partial charge in [-0.15, -0.1) is 0 Å². The number of aromatic nitrogens is 5. The number of aryl methyl sites for hydroxylation is 1. The highest BCUT2D eigenvalue weighted by Gasteiger charge is 2.12. The van der Waals surface area contributed by atoms with Gasteiger partial charge in [-0.2, -0.15) is 4.68 Å². The molecule has 0 unspecified atom stereocenters. The van der Waals surface area contributed by atoms with Crippen molar-refractivity contribution >= 4 is 6.29 Å². The van der Waals surface area contributed by atoms with Crippen molar-refractivity contribution in [3.8, 4) is 22.8 Å². The minimum atomic E-state index is -0.421.